The van der Waals surface area contributed by atoms with Crippen molar-refractivity contribution in [3.63, 3.8) is 0 Å². The Kier molecular flexibility index (Phi) is 3.08. The van der Waals surface area contributed by atoms with Gasteiger partial charge in [0.15, 0.2) is 0 Å². The summed E-state index contributed by atoms with van der Waals surface area (Å²) in [6, 6.07) is 9.27. The maximum Gasteiger partial charge on any atom is 0.270 e. The second kappa shape index (κ2) is 4.78. The molecule has 3 N–H and O–H groups in total. The van der Waals surface area contributed by atoms with Gasteiger partial charge >= 0.3 is 0 Å². The molecule has 0 atom stereocenters. The van der Waals surface area contributed by atoms with Crippen LogP contribution in [0.3, 0.4) is 0 Å². The van der Waals surface area contributed by atoms with Crippen LogP contribution >= 0.6 is 0 Å². The fourth-order valence-corrected chi connectivity index (χ4v) is 2.94. The van der Waals surface area contributed by atoms with E-state index in [1.807, 2.05) is 24.3 Å². The van der Waals surface area contributed by atoms with Crippen LogP contribution in [-0.2, 0) is 0 Å². The van der Waals surface area contributed by atoms with E-state index in [0.717, 1.165) is 23.7 Å². The SMILES string of the molecule is CC1(NC(=O)c2cc(N)c3ccccc3n2)CCCC1. The molecule has 1 heterocycles. The number of amides is 1. The first-order valence-electron chi connectivity index (χ1n) is 7.05. The molecule has 0 spiro atoms. The molecule has 0 bridgehead atoms. The number of hydrogen-bond donors (Lipinski definition) is 2. The molecular weight excluding hydrogens is 250 g/mol. The molecule has 1 aromatic carbocycles. The Labute approximate surface area is 118 Å². The standard InChI is InChI=1S/C16H19N3O/c1-16(8-4-5-9-16)19-15(20)14-10-12(17)11-6-2-3-7-13(11)18-14/h2-3,6-7,10H,4-5,8-9H2,1H3,(H2,17,18)(H,19,20). The van der Waals surface area contributed by atoms with Gasteiger partial charge in [0.05, 0.1) is 5.52 Å². The largest absolute Gasteiger partial charge is 0.398 e. The molecule has 2 aromatic rings. The van der Waals surface area contributed by atoms with E-state index in [2.05, 4.69) is 17.2 Å². The molecule has 1 aliphatic rings. The van der Waals surface area contributed by atoms with E-state index in [-0.39, 0.29) is 11.4 Å². The number of rotatable bonds is 2. The number of carbonyl (C=O) groups is 1. The second-order valence-corrected chi connectivity index (χ2v) is 5.84. The lowest BCUT2D eigenvalue weighted by molar-refractivity contribution is 0.0903. The summed E-state index contributed by atoms with van der Waals surface area (Å²) in [6.07, 6.45) is 4.40. The maximum atomic E-state index is 12.4. The monoisotopic (exact) mass is 269 g/mol. The molecule has 4 heteroatoms. The van der Waals surface area contributed by atoms with Crippen molar-refractivity contribution < 1.29 is 4.79 Å². The molecule has 1 saturated carbocycles. The van der Waals surface area contributed by atoms with Gasteiger partial charge in [-0.3, -0.25) is 4.79 Å². The van der Waals surface area contributed by atoms with Gasteiger partial charge in [0.2, 0.25) is 0 Å². The minimum atomic E-state index is -0.133. The Hall–Kier alpha value is -2.10. The maximum absolute atomic E-state index is 12.4. The predicted octanol–water partition coefficient (Wildman–Crippen LogP) is 2.88. The smallest absolute Gasteiger partial charge is 0.270 e. The summed E-state index contributed by atoms with van der Waals surface area (Å²) in [4.78, 5) is 16.8. The van der Waals surface area contributed by atoms with Crippen molar-refractivity contribution in [1.82, 2.24) is 10.3 Å². The Morgan fingerprint density at radius 3 is 2.75 bits per heavy atom. The number of nitrogen functional groups attached to an aromatic ring is 1. The van der Waals surface area contributed by atoms with Crippen molar-refractivity contribution >= 4 is 22.5 Å². The highest BCUT2D eigenvalue weighted by Crippen LogP contribution is 2.29. The van der Waals surface area contributed by atoms with Crippen molar-refractivity contribution in [2.24, 2.45) is 0 Å². The van der Waals surface area contributed by atoms with Crippen LogP contribution < -0.4 is 11.1 Å². The number of hydrogen-bond acceptors (Lipinski definition) is 3. The van der Waals surface area contributed by atoms with Crippen LogP contribution in [0.4, 0.5) is 5.69 Å². The molecule has 3 rings (SSSR count). The first-order chi connectivity index (χ1) is 9.57. The van der Waals surface area contributed by atoms with Crippen molar-refractivity contribution in [3.05, 3.63) is 36.0 Å². The van der Waals surface area contributed by atoms with Crippen LogP contribution in [0.2, 0.25) is 0 Å². The number of anilines is 1. The predicted molar refractivity (Wildman–Crippen MR) is 80.5 cm³/mol. The topological polar surface area (TPSA) is 68.0 Å². The van der Waals surface area contributed by atoms with Gasteiger partial charge in [-0.1, -0.05) is 31.0 Å². The van der Waals surface area contributed by atoms with Crippen LogP contribution in [0.25, 0.3) is 10.9 Å². The normalized spacial score (nSPS) is 17.2. The van der Waals surface area contributed by atoms with E-state index in [1.54, 1.807) is 6.07 Å². The lowest BCUT2D eigenvalue weighted by Crippen LogP contribution is -2.43. The van der Waals surface area contributed by atoms with Crippen LogP contribution in [0.1, 0.15) is 43.1 Å². The number of fused-ring (bicyclic) bond motifs is 1. The van der Waals surface area contributed by atoms with E-state index in [0.29, 0.717) is 11.4 Å². The highest BCUT2D eigenvalue weighted by atomic mass is 16.2. The third-order valence-electron chi connectivity index (χ3n) is 4.10. The molecule has 0 unspecified atom stereocenters. The molecule has 0 radical (unpaired) electrons. The molecule has 1 amide bonds. The Morgan fingerprint density at radius 1 is 1.30 bits per heavy atom. The van der Waals surface area contributed by atoms with Crippen molar-refractivity contribution in [1.29, 1.82) is 0 Å². The number of nitrogens with zero attached hydrogens (tertiary/aromatic N) is 1. The van der Waals surface area contributed by atoms with Crippen molar-refractivity contribution in [2.45, 2.75) is 38.1 Å². The summed E-state index contributed by atoms with van der Waals surface area (Å²) in [5, 5.41) is 3.99. The third-order valence-corrected chi connectivity index (χ3v) is 4.10. The van der Waals surface area contributed by atoms with Crippen molar-refractivity contribution in [2.75, 3.05) is 5.73 Å². The Balaban J connectivity index is 1.91. The molecule has 1 aliphatic carbocycles. The van der Waals surface area contributed by atoms with Gasteiger partial charge in [-0.2, -0.15) is 0 Å². The van der Waals surface area contributed by atoms with E-state index >= 15 is 0 Å². The summed E-state index contributed by atoms with van der Waals surface area (Å²) >= 11 is 0. The summed E-state index contributed by atoms with van der Waals surface area (Å²) in [5.41, 5.74) is 7.67. The second-order valence-electron chi connectivity index (χ2n) is 5.84. The Morgan fingerprint density at radius 2 is 2.00 bits per heavy atom. The first kappa shape index (κ1) is 12.9. The zero-order valence-corrected chi connectivity index (χ0v) is 11.6. The van der Waals surface area contributed by atoms with Crippen LogP contribution in [0, 0.1) is 0 Å². The van der Waals surface area contributed by atoms with Crippen molar-refractivity contribution in [3.8, 4) is 0 Å². The zero-order chi connectivity index (χ0) is 14.2. The zero-order valence-electron chi connectivity index (χ0n) is 11.6. The number of carbonyl (C=O) groups excluding carboxylic acids is 1. The van der Waals surface area contributed by atoms with Gasteiger partial charge in [0.25, 0.3) is 5.91 Å². The minimum Gasteiger partial charge on any atom is -0.398 e. The number of benzene rings is 1. The summed E-state index contributed by atoms with van der Waals surface area (Å²) in [5.74, 6) is -0.133. The average molecular weight is 269 g/mol. The molecule has 0 aliphatic heterocycles. The molecule has 4 nitrogen and oxygen atoms in total. The van der Waals surface area contributed by atoms with E-state index in [4.69, 9.17) is 5.73 Å². The molecule has 0 saturated heterocycles. The highest BCUT2D eigenvalue weighted by molar-refractivity contribution is 5.99. The number of nitrogens with two attached hydrogens (primary N) is 1. The van der Waals surface area contributed by atoms with Crippen LogP contribution in [-0.4, -0.2) is 16.4 Å². The van der Waals surface area contributed by atoms with Gasteiger partial charge in [-0.15, -0.1) is 0 Å². The Bertz CT molecular complexity index is 660. The van der Waals surface area contributed by atoms with Gasteiger partial charge in [-0.25, -0.2) is 4.98 Å². The highest BCUT2D eigenvalue weighted by Gasteiger charge is 2.30. The number of nitrogens with one attached hydrogen (secondary N) is 1. The first-order valence-corrected chi connectivity index (χ1v) is 7.05. The fraction of sp³-hybridized carbons (Fsp3) is 0.375. The number of para-hydroxylation sites is 1. The lowest BCUT2D eigenvalue weighted by atomic mass is 10.0. The van der Waals surface area contributed by atoms with Gasteiger partial charge in [-0.05, 0) is 31.9 Å². The number of pyridine rings is 1. The molecule has 1 aromatic heterocycles. The van der Waals surface area contributed by atoms with Gasteiger partial charge in [0.1, 0.15) is 5.69 Å². The molecule has 104 valence electrons. The van der Waals surface area contributed by atoms with E-state index in [9.17, 15) is 4.79 Å². The van der Waals surface area contributed by atoms with Crippen LogP contribution in [0.15, 0.2) is 30.3 Å². The van der Waals surface area contributed by atoms with Crippen LogP contribution in [0.5, 0.6) is 0 Å². The van der Waals surface area contributed by atoms with E-state index in [1.165, 1.54) is 12.8 Å². The third kappa shape index (κ3) is 2.33. The van der Waals surface area contributed by atoms with Gasteiger partial charge < -0.3 is 11.1 Å². The molecular formula is C16H19N3O. The quantitative estimate of drug-likeness (QED) is 0.880. The molecule has 20 heavy (non-hydrogen) atoms. The molecule has 1 fully saturated rings. The minimum absolute atomic E-state index is 0.0980. The summed E-state index contributed by atoms with van der Waals surface area (Å²) in [7, 11) is 0. The summed E-state index contributed by atoms with van der Waals surface area (Å²) in [6.45, 7) is 2.10. The summed E-state index contributed by atoms with van der Waals surface area (Å²) < 4.78 is 0. The van der Waals surface area contributed by atoms with E-state index < -0.39 is 0 Å². The lowest BCUT2D eigenvalue weighted by Gasteiger charge is -2.25. The number of aromatic nitrogens is 1. The fourth-order valence-electron chi connectivity index (χ4n) is 2.94. The average Bonchev–Trinajstić information content (AvgIpc) is 2.85. The van der Waals surface area contributed by atoms with Gasteiger partial charge in [0, 0.05) is 16.6 Å².